The summed E-state index contributed by atoms with van der Waals surface area (Å²) in [6.07, 6.45) is 1.54. The van der Waals surface area contributed by atoms with Crippen molar-refractivity contribution in [2.45, 2.75) is 18.9 Å². The van der Waals surface area contributed by atoms with Gasteiger partial charge in [0.25, 0.3) is 0 Å². The van der Waals surface area contributed by atoms with Gasteiger partial charge in [-0.15, -0.1) is 0 Å². The Morgan fingerprint density at radius 2 is 1.90 bits per heavy atom. The number of hydrogen-bond acceptors (Lipinski definition) is 8. The number of aryl methyl sites for hydroxylation is 1. The number of anilines is 4. The fourth-order valence-corrected chi connectivity index (χ4v) is 5.59. The first-order chi connectivity index (χ1) is 19.3. The molecule has 2 aromatic heterocycles. The van der Waals surface area contributed by atoms with Gasteiger partial charge in [0, 0.05) is 57.8 Å². The highest BCUT2D eigenvalue weighted by atomic mass is 19.1. The molecule has 0 saturated carbocycles. The second-order valence-electron chi connectivity index (χ2n) is 10.0. The molecule has 1 unspecified atom stereocenters. The highest BCUT2D eigenvalue weighted by Crippen LogP contribution is 2.48. The van der Waals surface area contributed by atoms with Crippen molar-refractivity contribution in [2.75, 3.05) is 62.9 Å². The van der Waals surface area contributed by atoms with Crippen LogP contribution in [0.2, 0.25) is 0 Å². The van der Waals surface area contributed by atoms with Gasteiger partial charge in [-0.1, -0.05) is 6.92 Å². The normalized spacial score (nSPS) is 20.4. The van der Waals surface area contributed by atoms with Crippen molar-refractivity contribution in [1.29, 1.82) is 0 Å². The second-order valence-corrected chi connectivity index (χ2v) is 10.0. The second kappa shape index (κ2) is 10.9. The predicted octanol–water partition coefficient (Wildman–Crippen LogP) is 4.54. The number of carbonyl (C=O) groups excluding carboxylic acids is 1. The van der Waals surface area contributed by atoms with E-state index in [1.54, 1.807) is 23.9 Å². The van der Waals surface area contributed by atoms with Crippen LogP contribution in [0.3, 0.4) is 0 Å². The molecular weight excluding hydrogens is 518 g/mol. The molecule has 0 amide bonds. The molecule has 11 heteroatoms. The van der Waals surface area contributed by atoms with E-state index in [0.29, 0.717) is 22.7 Å². The molecule has 3 N–H and O–H groups in total. The Bertz CT molecular complexity index is 1510. The highest BCUT2D eigenvalue weighted by Gasteiger charge is 2.48. The smallest absolute Gasteiger partial charge is 0.174 e. The summed E-state index contributed by atoms with van der Waals surface area (Å²) in [5.74, 6) is -1.66. The van der Waals surface area contributed by atoms with Crippen molar-refractivity contribution in [3.63, 3.8) is 0 Å². The van der Waals surface area contributed by atoms with Crippen molar-refractivity contribution in [2.24, 2.45) is 7.05 Å². The number of ether oxygens (including phenoxy) is 2. The number of halogens is 2. The van der Waals surface area contributed by atoms with Gasteiger partial charge in [-0.2, -0.15) is 0 Å². The van der Waals surface area contributed by atoms with Gasteiger partial charge >= 0.3 is 0 Å². The summed E-state index contributed by atoms with van der Waals surface area (Å²) in [5, 5.41) is 4.02. The lowest BCUT2D eigenvalue weighted by atomic mass is 9.85. The molecule has 1 atom stereocenters. The summed E-state index contributed by atoms with van der Waals surface area (Å²) < 4.78 is 42.8. The van der Waals surface area contributed by atoms with Crippen molar-refractivity contribution in [3.8, 4) is 0 Å². The third kappa shape index (κ3) is 4.58. The van der Waals surface area contributed by atoms with Gasteiger partial charge < -0.3 is 34.9 Å². The number of aldehydes is 1. The molecule has 0 bridgehead atoms. The number of methoxy groups -OCH3 is 2. The Morgan fingerprint density at radius 1 is 1.15 bits per heavy atom. The fourth-order valence-electron chi connectivity index (χ4n) is 5.59. The van der Waals surface area contributed by atoms with Crippen LogP contribution in [0.4, 0.5) is 31.7 Å². The number of piperazine rings is 1. The highest BCUT2D eigenvalue weighted by molar-refractivity contribution is 5.86. The number of nitrogen functional groups attached to an aromatic ring is 1. The molecular formula is C29H34F2N6O3. The van der Waals surface area contributed by atoms with E-state index in [2.05, 4.69) is 27.0 Å². The average molecular weight is 553 g/mol. The molecule has 3 heterocycles. The number of carbonyl (C=O) groups is 1. The third-order valence-corrected chi connectivity index (χ3v) is 8.02. The summed E-state index contributed by atoms with van der Waals surface area (Å²) in [4.78, 5) is 20.9. The van der Waals surface area contributed by atoms with E-state index in [4.69, 9.17) is 15.2 Å². The molecule has 0 radical (unpaired) electrons. The Kier molecular flexibility index (Phi) is 7.52. The topological polar surface area (TPSA) is 97.9 Å². The lowest BCUT2D eigenvalue weighted by molar-refractivity contribution is -0.105. The standard InChI is InChI=1S/C29H34F2N6O3/c1-5-36-8-10-37(11-9-36)19-6-7-22(21(32)14-19)34-26-13-18-12-25(35(2)23(18)16-33-26)29(40-4)15-24(39-3)27(30)20(17-38)28(29)31/h6-7,12-14,16-17H,5,8-11,15,32H2,1-4H3,(H,33,34). The minimum atomic E-state index is -1.75. The maximum atomic E-state index is 15.7. The zero-order valence-corrected chi connectivity index (χ0v) is 23.1. The molecule has 1 aromatic carbocycles. The van der Waals surface area contributed by atoms with Crippen LogP contribution in [0.5, 0.6) is 0 Å². The number of fused-ring (bicyclic) bond motifs is 1. The largest absolute Gasteiger partial charge is 0.498 e. The molecule has 1 saturated heterocycles. The molecule has 0 spiro atoms. The number of aromatic nitrogens is 2. The number of nitrogens with two attached hydrogens (primary N) is 1. The summed E-state index contributed by atoms with van der Waals surface area (Å²) in [7, 11) is 4.33. The SMILES string of the molecule is CCN1CCN(c2ccc(Nc3cc4cc(C5(OC)CC(OC)=C(F)C(C=O)=C5F)n(C)c4cn3)c(N)c2)CC1. The number of benzene rings is 1. The van der Waals surface area contributed by atoms with Gasteiger partial charge in [-0.25, -0.2) is 13.8 Å². The van der Waals surface area contributed by atoms with E-state index in [0.717, 1.165) is 49.5 Å². The lowest BCUT2D eigenvalue weighted by Crippen LogP contribution is -2.46. The number of rotatable bonds is 8. The zero-order chi connectivity index (χ0) is 28.6. The molecule has 1 aliphatic carbocycles. The number of nitrogens with one attached hydrogen (secondary N) is 1. The quantitative estimate of drug-likeness (QED) is 0.311. The van der Waals surface area contributed by atoms with Crippen molar-refractivity contribution < 1.29 is 23.0 Å². The van der Waals surface area contributed by atoms with Gasteiger partial charge in [0.1, 0.15) is 11.6 Å². The molecule has 9 nitrogen and oxygen atoms in total. The maximum absolute atomic E-state index is 15.7. The van der Waals surface area contributed by atoms with Crippen LogP contribution in [0.1, 0.15) is 19.0 Å². The van der Waals surface area contributed by atoms with Crippen LogP contribution in [-0.2, 0) is 26.9 Å². The van der Waals surface area contributed by atoms with E-state index in [9.17, 15) is 9.18 Å². The number of pyridine rings is 1. The summed E-state index contributed by atoms with van der Waals surface area (Å²) in [5.41, 5.74) is 7.42. The van der Waals surface area contributed by atoms with E-state index >= 15 is 4.39 Å². The molecule has 1 fully saturated rings. The predicted molar refractivity (Wildman–Crippen MR) is 152 cm³/mol. The zero-order valence-electron chi connectivity index (χ0n) is 23.1. The van der Waals surface area contributed by atoms with Gasteiger partial charge in [0.2, 0.25) is 0 Å². The van der Waals surface area contributed by atoms with Crippen LogP contribution >= 0.6 is 0 Å². The van der Waals surface area contributed by atoms with Crippen molar-refractivity contribution >= 4 is 40.1 Å². The molecule has 40 heavy (non-hydrogen) atoms. The van der Waals surface area contributed by atoms with Gasteiger partial charge in [-0.05, 0) is 36.9 Å². The van der Waals surface area contributed by atoms with Gasteiger partial charge in [0.05, 0.1) is 41.5 Å². The van der Waals surface area contributed by atoms with Gasteiger partial charge in [-0.3, -0.25) is 4.79 Å². The van der Waals surface area contributed by atoms with Gasteiger partial charge in [0.15, 0.2) is 23.5 Å². The first-order valence-corrected chi connectivity index (χ1v) is 13.2. The lowest BCUT2D eigenvalue weighted by Gasteiger charge is -2.35. The minimum absolute atomic E-state index is 0.143. The van der Waals surface area contributed by atoms with E-state index in [-0.39, 0.29) is 18.5 Å². The van der Waals surface area contributed by atoms with Crippen LogP contribution in [0, 0.1) is 0 Å². The minimum Gasteiger partial charge on any atom is -0.498 e. The fraction of sp³-hybridized carbons (Fsp3) is 0.379. The van der Waals surface area contributed by atoms with Crippen molar-refractivity contribution in [3.05, 3.63) is 65.2 Å². The molecule has 1 aliphatic heterocycles. The first kappa shape index (κ1) is 27.6. The van der Waals surface area contributed by atoms with Crippen LogP contribution in [-0.4, -0.2) is 67.7 Å². The Hall–Kier alpha value is -3.96. The van der Waals surface area contributed by atoms with E-state index in [1.165, 1.54) is 14.2 Å². The number of hydrogen-bond donors (Lipinski definition) is 2. The maximum Gasteiger partial charge on any atom is 0.174 e. The average Bonchev–Trinajstić information content (AvgIpc) is 3.30. The summed E-state index contributed by atoms with van der Waals surface area (Å²) >= 11 is 0. The Labute approximate surface area is 231 Å². The van der Waals surface area contributed by atoms with Crippen LogP contribution < -0.4 is 16.0 Å². The van der Waals surface area contributed by atoms with E-state index in [1.807, 2.05) is 24.3 Å². The number of likely N-dealkylation sites (N-methyl/N-ethyl adjacent to an activating group) is 1. The molecule has 3 aromatic rings. The van der Waals surface area contributed by atoms with Crippen LogP contribution in [0.15, 0.2) is 59.5 Å². The number of nitrogens with zero attached hydrogens (tertiary/aromatic N) is 4. The third-order valence-electron chi connectivity index (χ3n) is 8.02. The monoisotopic (exact) mass is 552 g/mol. The summed E-state index contributed by atoms with van der Waals surface area (Å²) in [6.45, 7) is 7.19. The van der Waals surface area contributed by atoms with Crippen molar-refractivity contribution in [1.82, 2.24) is 14.5 Å². The Balaban J connectivity index is 1.44. The molecule has 5 rings (SSSR count). The summed E-state index contributed by atoms with van der Waals surface area (Å²) in [6, 6.07) is 9.51. The Morgan fingerprint density at radius 3 is 2.52 bits per heavy atom. The van der Waals surface area contributed by atoms with Crippen LogP contribution in [0.25, 0.3) is 10.9 Å². The molecule has 2 aliphatic rings. The first-order valence-electron chi connectivity index (χ1n) is 13.2. The molecule has 212 valence electrons. The van der Waals surface area contributed by atoms with E-state index < -0.39 is 22.8 Å². The number of allylic oxidation sites excluding steroid dienone is 2.